The van der Waals surface area contributed by atoms with Crippen molar-refractivity contribution in [2.24, 2.45) is 25.9 Å². The standard InChI is InChI=1S/C15H23N5O2/c1-10-5-11(2)7-19(6-10)9-20-8-16-13-12(20)14(21)18(4)15(22)17(13)3/h8,10-11H,5-7,9H2,1-4H3/t10-,11-/m1/s1. The van der Waals surface area contributed by atoms with Gasteiger partial charge in [-0.1, -0.05) is 13.8 Å². The van der Waals surface area contributed by atoms with E-state index >= 15 is 0 Å². The minimum Gasteiger partial charge on any atom is -0.311 e. The lowest BCUT2D eigenvalue weighted by Gasteiger charge is -2.35. The highest BCUT2D eigenvalue weighted by Crippen LogP contribution is 2.21. The smallest absolute Gasteiger partial charge is 0.311 e. The third-order valence-corrected chi connectivity index (χ3v) is 4.51. The molecule has 1 saturated heterocycles. The first-order valence-electron chi connectivity index (χ1n) is 7.71. The Morgan fingerprint density at radius 1 is 1.14 bits per heavy atom. The van der Waals surface area contributed by atoms with Crippen molar-refractivity contribution in [2.75, 3.05) is 13.1 Å². The van der Waals surface area contributed by atoms with Crippen LogP contribution in [0, 0.1) is 11.8 Å². The largest absolute Gasteiger partial charge is 0.332 e. The van der Waals surface area contributed by atoms with Gasteiger partial charge in [0.25, 0.3) is 5.56 Å². The highest BCUT2D eigenvalue weighted by molar-refractivity contribution is 5.69. The summed E-state index contributed by atoms with van der Waals surface area (Å²) < 4.78 is 4.43. The third-order valence-electron chi connectivity index (χ3n) is 4.51. The molecule has 7 nitrogen and oxygen atoms in total. The van der Waals surface area contributed by atoms with Crippen molar-refractivity contribution in [1.82, 2.24) is 23.6 Å². The summed E-state index contributed by atoms with van der Waals surface area (Å²) in [6.07, 6.45) is 2.91. The molecule has 0 unspecified atom stereocenters. The van der Waals surface area contributed by atoms with Gasteiger partial charge in [0.15, 0.2) is 11.2 Å². The molecule has 7 heteroatoms. The second-order valence-corrected chi connectivity index (χ2v) is 6.72. The van der Waals surface area contributed by atoms with E-state index in [1.54, 1.807) is 13.4 Å². The van der Waals surface area contributed by atoms with Gasteiger partial charge in [0.2, 0.25) is 0 Å². The van der Waals surface area contributed by atoms with Gasteiger partial charge in [-0.25, -0.2) is 9.78 Å². The van der Waals surface area contributed by atoms with Gasteiger partial charge in [-0.05, 0) is 18.3 Å². The molecule has 2 aromatic heterocycles. The van der Waals surface area contributed by atoms with Crippen LogP contribution in [0.1, 0.15) is 20.3 Å². The van der Waals surface area contributed by atoms with Crippen LogP contribution in [0.3, 0.4) is 0 Å². The lowest BCUT2D eigenvalue weighted by Crippen LogP contribution is -2.41. The topological polar surface area (TPSA) is 65.1 Å². The predicted octanol–water partition coefficient (Wildman–Crippen LogP) is 0.369. The number of fused-ring (bicyclic) bond motifs is 1. The number of aromatic nitrogens is 4. The molecule has 0 amide bonds. The summed E-state index contributed by atoms with van der Waals surface area (Å²) in [6, 6.07) is 0. The molecule has 22 heavy (non-hydrogen) atoms. The lowest BCUT2D eigenvalue weighted by atomic mass is 9.92. The Kier molecular flexibility index (Phi) is 3.68. The van der Waals surface area contributed by atoms with Gasteiger partial charge in [-0.3, -0.25) is 18.8 Å². The van der Waals surface area contributed by atoms with Crippen LogP contribution >= 0.6 is 0 Å². The van der Waals surface area contributed by atoms with Gasteiger partial charge in [0.05, 0.1) is 13.0 Å². The number of hydrogen-bond donors (Lipinski definition) is 0. The summed E-state index contributed by atoms with van der Waals surface area (Å²) >= 11 is 0. The first-order valence-corrected chi connectivity index (χ1v) is 7.71. The van der Waals surface area contributed by atoms with E-state index in [1.807, 2.05) is 4.57 Å². The Morgan fingerprint density at radius 2 is 1.77 bits per heavy atom. The van der Waals surface area contributed by atoms with E-state index in [0.29, 0.717) is 29.7 Å². The molecule has 3 rings (SSSR count). The molecule has 0 aromatic carbocycles. The Hall–Kier alpha value is -1.89. The first kappa shape index (κ1) is 15.0. The molecular weight excluding hydrogens is 282 g/mol. The molecule has 120 valence electrons. The zero-order chi connectivity index (χ0) is 16.0. The Morgan fingerprint density at radius 3 is 2.41 bits per heavy atom. The fourth-order valence-electron chi connectivity index (χ4n) is 3.63. The molecule has 0 aliphatic carbocycles. The van der Waals surface area contributed by atoms with Crippen LogP contribution in [0.15, 0.2) is 15.9 Å². The maximum atomic E-state index is 12.4. The number of likely N-dealkylation sites (tertiary alicyclic amines) is 1. The highest BCUT2D eigenvalue weighted by atomic mass is 16.2. The molecule has 1 aliphatic heterocycles. The first-order chi connectivity index (χ1) is 10.4. The molecular formula is C15H23N5O2. The van der Waals surface area contributed by atoms with E-state index in [-0.39, 0.29) is 11.2 Å². The van der Waals surface area contributed by atoms with Gasteiger partial charge in [0, 0.05) is 27.2 Å². The Labute approximate surface area is 128 Å². The zero-order valence-corrected chi connectivity index (χ0v) is 13.6. The summed E-state index contributed by atoms with van der Waals surface area (Å²) in [5.41, 5.74) is 0.318. The molecule has 0 N–H and O–H groups in total. The van der Waals surface area contributed by atoms with E-state index in [9.17, 15) is 9.59 Å². The predicted molar refractivity (Wildman–Crippen MR) is 84.7 cm³/mol. The van der Waals surface area contributed by atoms with Gasteiger partial charge < -0.3 is 4.57 Å². The van der Waals surface area contributed by atoms with Crippen LogP contribution in [0.2, 0.25) is 0 Å². The summed E-state index contributed by atoms with van der Waals surface area (Å²) in [4.78, 5) is 31.0. The van der Waals surface area contributed by atoms with Crippen LogP contribution < -0.4 is 11.2 Å². The average molecular weight is 305 g/mol. The maximum Gasteiger partial charge on any atom is 0.332 e. The number of piperidine rings is 1. The van der Waals surface area contributed by atoms with Crippen LogP contribution in [0.5, 0.6) is 0 Å². The number of nitrogens with zero attached hydrogens (tertiary/aromatic N) is 5. The minimum absolute atomic E-state index is 0.284. The quantitative estimate of drug-likeness (QED) is 0.804. The van der Waals surface area contributed by atoms with E-state index in [1.165, 1.54) is 18.0 Å². The van der Waals surface area contributed by atoms with Crippen LogP contribution in [0.4, 0.5) is 0 Å². The summed E-state index contributed by atoms with van der Waals surface area (Å²) in [6.45, 7) is 7.21. The van der Waals surface area contributed by atoms with Gasteiger partial charge >= 0.3 is 5.69 Å². The molecule has 0 spiro atoms. The zero-order valence-electron chi connectivity index (χ0n) is 13.6. The molecule has 1 aliphatic rings. The summed E-state index contributed by atoms with van der Waals surface area (Å²) in [5, 5.41) is 0. The average Bonchev–Trinajstić information content (AvgIpc) is 2.85. The van der Waals surface area contributed by atoms with Crippen molar-refractivity contribution in [3.05, 3.63) is 27.2 Å². The molecule has 0 bridgehead atoms. The van der Waals surface area contributed by atoms with E-state index < -0.39 is 0 Å². The third kappa shape index (κ3) is 2.39. The molecule has 0 saturated carbocycles. The normalized spacial score (nSPS) is 23.3. The van der Waals surface area contributed by atoms with Crippen molar-refractivity contribution < 1.29 is 0 Å². The number of aryl methyl sites for hydroxylation is 1. The number of imidazole rings is 1. The summed E-state index contributed by atoms with van der Waals surface area (Å²) in [5.74, 6) is 1.32. The van der Waals surface area contributed by atoms with Gasteiger partial charge in [0.1, 0.15) is 0 Å². The Balaban J connectivity index is 2.02. The molecule has 2 atom stereocenters. The fourth-order valence-corrected chi connectivity index (χ4v) is 3.63. The van der Waals surface area contributed by atoms with E-state index in [0.717, 1.165) is 17.7 Å². The van der Waals surface area contributed by atoms with Crippen molar-refractivity contribution in [2.45, 2.75) is 26.9 Å². The number of rotatable bonds is 2. The Bertz CT molecular complexity index is 806. The van der Waals surface area contributed by atoms with Crippen molar-refractivity contribution in [3.8, 4) is 0 Å². The molecule has 2 aromatic rings. The summed E-state index contributed by atoms with van der Waals surface area (Å²) in [7, 11) is 3.15. The van der Waals surface area contributed by atoms with Crippen LogP contribution in [0.25, 0.3) is 11.2 Å². The fraction of sp³-hybridized carbons (Fsp3) is 0.667. The molecule has 3 heterocycles. The van der Waals surface area contributed by atoms with Crippen molar-refractivity contribution in [1.29, 1.82) is 0 Å². The van der Waals surface area contributed by atoms with Crippen molar-refractivity contribution >= 4 is 11.2 Å². The van der Waals surface area contributed by atoms with E-state index in [4.69, 9.17) is 0 Å². The second kappa shape index (κ2) is 5.39. The second-order valence-electron chi connectivity index (χ2n) is 6.72. The SMILES string of the molecule is C[C@@H]1C[C@@H](C)CN(Cn2cnc3c2c(=O)n(C)c(=O)n3C)C1. The van der Waals surface area contributed by atoms with Crippen LogP contribution in [-0.4, -0.2) is 36.7 Å². The van der Waals surface area contributed by atoms with Crippen LogP contribution in [-0.2, 0) is 20.8 Å². The monoisotopic (exact) mass is 305 g/mol. The van der Waals surface area contributed by atoms with Gasteiger partial charge in [-0.2, -0.15) is 0 Å². The highest BCUT2D eigenvalue weighted by Gasteiger charge is 2.23. The minimum atomic E-state index is -0.344. The van der Waals surface area contributed by atoms with Gasteiger partial charge in [-0.15, -0.1) is 0 Å². The lowest BCUT2D eigenvalue weighted by molar-refractivity contribution is 0.111. The molecule has 0 radical (unpaired) electrons. The maximum absolute atomic E-state index is 12.4. The van der Waals surface area contributed by atoms with Crippen molar-refractivity contribution in [3.63, 3.8) is 0 Å². The molecule has 1 fully saturated rings. The number of hydrogen-bond acceptors (Lipinski definition) is 4. The van der Waals surface area contributed by atoms with E-state index in [2.05, 4.69) is 23.7 Å².